The zero-order valence-corrected chi connectivity index (χ0v) is 13.5. The molecule has 2 rings (SSSR count). The molecule has 0 saturated carbocycles. The van der Waals surface area contributed by atoms with E-state index in [1.54, 1.807) is 6.07 Å². The number of aliphatic hydroxyl groups excluding tert-OH is 1. The Morgan fingerprint density at radius 1 is 1.11 bits per heavy atom. The smallest absolute Gasteiger partial charge is 0.124 e. The van der Waals surface area contributed by atoms with Gasteiger partial charge < -0.3 is 5.11 Å². The molecule has 0 bridgehead atoms. The Kier molecular flexibility index (Phi) is 4.76. The molecule has 19 heavy (non-hydrogen) atoms. The SMILES string of the molecule is Cc1cc(C(O)Cc2ccc(F)cc2Br)ccc1Br. The number of hydrogen-bond donors (Lipinski definition) is 1. The van der Waals surface area contributed by atoms with Crippen LogP contribution >= 0.6 is 31.9 Å². The second kappa shape index (κ2) is 6.16. The minimum atomic E-state index is -0.603. The molecule has 0 aliphatic carbocycles. The first-order chi connectivity index (χ1) is 8.97. The van der Waals surface area contributed by atoms with E-state index in [0.717, 1.165) is 21.2 Å². The fourth-order valence-electron chi connectivity index (χ4n) is 1.89. The first-order valence-electron chi connectivity index (χ1n) is 5.85. The maximum Gasteiger partial charge on any atom is 0.124 e. The summed E-state index contributed by atoms with van der Waals surface area (Å²) in [6, 6.07) is 10.3. The van der Waals surface area contributed by atoms with Crippen LogP contribution in [0.5, 0.6) is 0 Å². The molecular weight excluding hydrogens is 375 g/mol. The molecule has 0 radical (unpaired) electrons. The van der Waals surface area contributed by atoms with E-state index in [-0.39, 0.29) is 5.82 Å². The van der Waals surface area contributed by atoms with Crippen molar-refractivity contribution >= 4 is 31.9 Å². The van der Waals surface area contributed by atoms with Crippen LogP contribution in [0.2, 0.25) is 0 Å². The number of aliphatic hydroxyl groups is 1. The topological polar surface area (TPSA) is 20.2 Å². The molecular formula is C15H13Br2FO. The maximum atomic E-state index is 13.0. The van der Waals surface area contributed by atoms with Gasteiger partial charge in [-0.2, -0.15) is 0 Å². The van der Waals surface area contributed by atoms with E-state index in [9.17, 15) is 9.50 Å². The van der Waals surface area contributed by atoms with E-state index >= 15 is 0 Å². The fraction of sp³-hybridized carbons (Fsp3) is 0.200. The highest BCUT2D eigenvalue weighted by Crippen LogP contribution is 2.27. The summed E-state index contributed by atoms with van der Waals surface area (Å²) in [5, 5.41) is 10.3. The van der Waals surface area contributed by atoms with Gasteiger partial charge in [0.25, 0.3) is 0 Å². The predicted molar refractivity (Wildman–Crippen MR) is 81.6 cm³/mol. The molecule has 1 N–H and O–H groups in total. The minimum Gasteiger partial charge on any atom is -0.388 e. The number of aryl methyl sites for hydroxylation is 1. The Morgan fingerprint density at radius 3 is 2.47 bits per heavy atom. The first kappa shape index (κ1) is 14.7. The van der Waals surface area contributed by atoms with Crippen molar-refractivity contribution in [2.75, 3.05) is 0 Å². The van der Waals surface area contributed by atoms with Crippen molar-refractivity contribution in [1.29, 1.82) is 0 Å². The summed E-state index contributed by atoms with van der Waals surface area (Å²) in [7, 11) is 0. The van der Waals surface area contributed by atoms with Crippen molar-refractivity contribution in [3.63, 3.8) is 0 Å². The van der Waals surface area contributed by atoms with Crippen molar-refractivity contribution in [3.05, 3.63) is 67.9 Å². The molecule has 0 amide bonds. The lowest BCUT2D eigenvalue weighted by Crippen LogP contribution is -2.03. The third-order valence-corrected chi connectivity index (χ3v) is 4.62. The zero-order valence-electron chi connectivity index (χ0n) is 10.3. The summed E-state index contributed by atoms with van der Waals surface area (Å²) in [5.41, 5.74) is 2.82. The minimum absolute atomic E-state index is 0.287. The summed E-state index contributed by atoms with van der Waals surface area (Å²) in [6.45, 7) is 1.98. The Hall–Kier alpha value is -0.710. The Morgan fingerprint density at radius 2 is 1.84 bits per heavy atom. The Balaban J connectivity index is 2.20. The molecule has 0 aliphatic heterocycles. The summed E-state index contributed by atoms with van der Waals surface area (Å²) >= 11 is 6.75. The van der Waals surface area contributed by atoms with Crippen LogP contribution in [0, 0.1) is 12.7 Å². The summed E-state index contributed by atoms with van der Waals surface area (Å²) in [4.78, 5) is 0. The van der Waals surface area contributed by atoms with Crippen LogP contribution in [0.25, 0.3) is 0 Å². The van der Waals surface area contributed by atoms with Crippen molar-refractivity contribution in [2.24, 2.45) is 0 Å². The normalized spacial score (nSPS) is 12.5. The van der Waals surface area contributed by atoms with Crippen LogP contribution in [-0.4, -0.2) is 5.11 Å². The summed E-state index contributed by atoms with van der Waals surface area (Å²) < 4.78 is 14.7. The molecule has 100 valence electrons. The van der Waals surface area contributed by atoms with Crippen LogP contribution in [0.4, 0.5) is 4.39 Å². The molecule has 0 heterocycles. The molecule has 1 unspecified atom stereocenters. The van der Waals surface area contributed by atoms with Crippen LogP contribution in [0.1, 0.15) is 22.8 Å². The second-order valence-electron chi connectivity index (χ2n) is 4.46. The molecule has 0 fully saturated rings. The Bertz CT molecular complexity index is 599. The van der Waals surface area contributed by atoms with Crippen molar-refractivity contribution in [1.82, 2.24) is 0 Å². The van der Waals surface area contributed by atoms with Gasteiger partial charge in [-0.3, -0.25) is 0 Å². The van der Waals surface area contributed by atoms with E-state index in [2.05, 4.69) is 31.9 Å². The molecule has 2 aromatic rings. The zero-order chi connectivity index (χ0) is 14.0. The van der Waals surface area contributed by atoms with Gasteiger partial charge in [0.1, 0.15) is 5.82 Å². The van der Waals surface area contributed by atoms with Crippen LogP contribution in [-0.2, 0) is 6.42 Å². The van der Waals surface area contributed by atoms with Gasteiger partial charge in [0.05, 0.1) is 6.10 Å². The molecule has 1 nitrogen and oxygen atoms in total. The average Bonchev–Trinajstić information content (AvgIpc) is 2.36. The predicted octanol–water partition coefficient (Wildman–Crippen LogP) is 4.94. The molecule has 0 aromatic heterocycles. The van der Waals surface area contributed by atoms with E-state index in [1.807, 2.05) is 25.1 Å². The molecule has 0 spiro atoms. The van der Waals surface area contributed by atoms with Gasteiger partial charge in [-0.1, -0.05) is 50.1 Å². The summed E-state index contributed by atoms with van der Waals surface area (Å²) in [6.07, 6.45) is -0.157. The number of benzene rings is 2. The van der Waals surface area contributed by atoms with E-state index in [1.165, 1.54) is 12.1 Å². The quantitative estimate of drug-likeness (QED) is 0.791. The van der Waals surface area contributed by atoms with Gasteiger partial charge in [-0.15, -0.1) is 0 Å². The highest BCUT2D eigenvalue weighted by Gasteiger charge is 2.12. The third kappa shape index (κ3) is 3.65. The third-order valence-electron chi connectivity index (χ3n) is 3.00. The van der Waals surface area contributed by atoms with Crippen molar-refractivity contribution in [3.8, 4) is 0 Å². The van der Waals surface area contributed by atoms with Crippen LogP contribution in [0.3, 0.4) is 0 Å². The average molecular weight is 388 g/mol. The highest BCUT2D eigenvalue weighted by atomic mass is 79.9. The molecule has 0 aliphatic rings. The lowest BCUT2D eigenvalue weighted by molar-refractivity contribution is 0.178. The summed E-state index contributed by atoms with van der Waals surface area (Å²) in [5.74, 6) is -0.287. The number of halogens is 3. The van der Waals surface area contributed by atoms with Gasteiger partial charge in [0.15, 0.2) is 0 Å². The van der Waals surface area contributed by atoms with Gasteiger partial charge in [0.2, 0.25) is 0 Å². The van der Waals surface area contributed by atoms with Gasteiger partial charge in [-0.05, 0) is 41.8 Å². The maximum absolute atomic E-state index is 13.0. The first-order valence-corrected chi connectivity index (χ1v) is 7.44. The number of rotatable bonds is 3. The molecule has 1 atom stereocenters. The van der Waals surface area contributed by atoms with E-state index in [4.69, 9.17) is 0 Å². The monoisotopic (exact) mass is 386 g/mol. The molecule has 2 aromatic carbocycles. The lowest BCUT2D eigenvalue weighted by atomic mass is 10.00. The molecule has 0 saturated heterocycles. The van der Waals surface area contributed by atoms with Crippen molar-refractivity contribution in [2.45, 2.75) is 19.4 Å². The second-order valence-corrected chi connectivity index (χ2v) is 6.17. The Labute approximate surface area is 128 Å². The van der Waals surface area contributed by atoms with E-state index < -0.39 is 6.10 Å². The van der Waals surface area contributed by atoms with Crippen LogP contribution in [0.15, 0.2) is 45.3 Å². The van der Waals surface area contributed by atoms with Gasteiger partial charge in [-0.25, -0.2) is 4.39 Å². The fourth-order valence-corrected chi connectivity index (χ4v) is 2.65. The van der Waals surface area contributed by atoms with Gasteiger partial charge >= 0.3 is 0 Å². The largest absolute Gasteiger partial charge is 0.388 e. The standard InChI is InChI=1S/C15H13Br2FO/c1-9-6-11(3-5-13(9)16)15(19)7-10-2-4-12(18)8-14(10)17/h2-6,8,15,19H,7H2,1H3. The number of hydrogen-bond acceptors (Lipinski definition) is 1. The van der Waals surface area contributed by atoms with Gasteiger partial charge in [0, 0.05) is 15.4 Å². The van der Waals surface area contributed by atoms with Crippen LogP contribution < -0.4 is 0 Å². The molecule has 4 heteroatoms. The van der Waals surface area contributed by atoms with E-state index in [0.29, 0.717) is 10.9 Å². The highest BCUT2D eigenvalue weighted by molar-refractivity contribution is 9.10. The lowest BCUT2D eigenvalue weighted by Gasteiger charge is -2.13. The van der Waals surface area contributed by atoms with Crippen molar-refractivity contribution < 1.29 is 9.50 Å².